The molecule has 1 heterocycles. The Morgan fingerprint density at radius 1 is 1.00 bits per heavy atom. The van der Waals surface area contributed by atoms with Gasteiger partial charge in [-0.2, -0.15) is 0 Å². The molecule has 39 heavy (non-hydrogen) atoms. The predicted molar refractivity (Wildman–Crippen MR) is 149 cm³/mol. The zero-order valence-electron chi connectivity index (χ0n) is 23.5. The molecule has 2 bridgehead atoms. The smallest absolute Gasteiger partial charge is 0.251 e. The van der Waals surface area contributed by atoms with E-state index >= 15 is 0 Å². The summed E-state index contributed by atoms with van der Waals surface area (Å²) in [6.07, 6.45) is 6.79. The van der Waals surface area contributed by atoms with E-state index in [2.05, 4.69) is 24.5 Å². The van der Waals surface area contributed by atoms with Gasteiger partial charge in [0.25, 0.3) is 5.91 Å². The third kappa shape index (κ3) is 5.17. The van der Waals surface area contributed by atoms with Gasteiger partial charge in [0.05, 0.1) is 11.7 Å². The Hall–Kier alpha value is -2.26. The molecule has 0 radical (unpaired) electrons. The number of fused-ring (bicyclic) bond motifs is 2. The third-order valence-electron chi connectivity index (χ3n) is 10.5. The zero-order chi connectivity index (χ0) is 28.0. The Morgan fingerprint density at radius 2 is 1.69 bits per heavy atom. The van der Waals surface area contributed by atoms with Crippen LogP contribution < -0.4 is 10.6 Å². The summed E-state index contributed by atoms with van der Waals surface area (Å²) in [5, 5.41) is 6.31. The molecule has 5 rings (SSSR count). The van der Waals surface area contributed by atoms with Gasteiger partial charge in [0.2, 0.25) is 15.9 Å². The molecular formula is C30H43N3O5S. The molecule has 2 N–H and O–H groups in total. The van der Waals surface area contributed by atoms with Gasteiger partial charge in [-0.25, -0.2) is 12.7 Å². The fourth-order valence-corrected chi connectivity index (χ4v) is 10.1. The summed E-state index contributed by atoms with van der Waals surface area (Å²) in [7, 11) is -3.70. The van der Waals surface area contributed by atoms with Crippen LogP contribution in [0.25, 0.3) is 0 Å². The van der Waals surface area contributed by atoms with Crippen molar-refractivity contribution in [1.29, 1.82) is 0 Å². The van der Waals surface area contributed by atoms with E-state index in [1.165, 1.54) is 4.31 Å². The number of carbonyl (C=O) groups is 3. The highest BCUT2D eigenvalue weighted by atomic mass is 32.2. The molecule has 1 aromatic carbocycles. The Morgan fingerprint density at radius 3 is 2.33 bits per heavy atom. The third-order valence-corrected chi connectivity index (χ3v) is 12.5. The average molecular weight is 558 g/mol. The van der Waals surface area contributed by atoms with Crippen LogP contribution in [0, 0.1) is 29.6 Å². The first-order valence-electron chi connectivity index (χ1n) is 14.6. The van der Waals surface area contributed by atoms with E-state index in [1.54, 1.807) is 0 Å². The van der Waals surface area contributed by atoms with Gasteiger partial charge in [0.15, 0.2) is 0 Å². The van der Waals surface area contributed by atoms with Crippen molar-refractivity contribution in [1.82, 2.24) is 14.9 Å². The van der Waals surface area contributed by atoms with E-state index in [-0.39, 0.29) is 53.3 Å². The molecule has 0 aromatic heterocycles. The largest absolute Gasteiger partial charge is 0.351 e. The number of hydrogen-bond donors (Lipinski definition) is 2. The normalized spacial score (nSPS) is 32.6. The summed E-state index contributed by atoms with van der Waals surface area (Å²) < 4.78 is 28.8. The van der Waals surface area contributed by atoms with Crippen molar-refractivity contribution in [2.75, 3.05) is 18.8 Å². The highest BCUT2D eigenvalue weighted by molar-refractivity contribution is 7.89. The monoisotopic (exact) mass is 557 g/mol. The minimum Gasteiger partial charge on any atom is -0.351 e. The van der Waals surface area contributed by atoms with Crippen LogP contribution in [0.4, 0.5) is 0 Å². The van der Waals surface area contributed by atoms with Crippen LogP contribution in [0.3, 0.4) is 0 Å². The number of aryl methyl sites for hydroxylation is 1. The number of nitrogens with zero attached hydrogens (tertiary/aromatic N) is 1. The quantitative estimate of drug-likeness (QED) is 0.532. The van der Waals surface area contributed by atoms with Crippen molar-refractivity contribution in [3.8, 4) is 0 Å². The molecule has 214 valence electrons. The molecule has 8 nitrogen and oxygen atoms in total. The van der Waals surface area contributed by atoms with E-state index in [9.17, 15) is 22.8 Å². The van der Waals surface area contributed by atoms with Gasteiger partial charge in [0, 0.05) is 42.6 Å². The van der Waals surface area contributed by atoms with Crippen LogP contribution >= 0.6 is 0 Å². The topological polar surface area (TPSA) is 113 Å². The van der Waals surface area contributed by atoms with E-state index in [4.69, 9.17) is 0 Å². The van der Waals surface area contributed by atoms with E-state index in [0.717, 1.165) is 37.7 Å². The van der Waals surface area contributed by atoms with Crippen LogP contribution in [0.5, 0.6) is 0 Å². The number of ketones is 1. The lowest BCUT2D eigenvalue weighted by Crippen LogP contribution is -2.56. The van der Waals surface area contributed by atoms with Gasteiger partial charge in [-0.05, 0) is 68.4 Å². The minimum atomic E-state index is -3.70. The lowest BCUT2D eigenvalue weighted by molar-refractivity contribution is -0.128. The van der Waals surface area contributed by atoms with Gasteiger partial charge in [0.1, 0.15) is 5.78 Å². The highest BCUT2D eigenvalue weighted by Gasteiger charge is 2.65. The second-order valence-electron chi connectivity index (χ2n) is 12.9. The molecular weight excluding hydrogens is 514 g/mol. The molecule has 0 spiro atoms. The van der Waals surface area contributed by atoms with Crippen molar-refractivity contribution in [2.45, 2.75) is 90.6 Å². The molecule has 5 atom stereocenters. The molecule has 1 aromatic rings. The number of piperidine rings is 1. The number of amides is 2. The molecule has 4 aliphatic rings. The molecule has 3 aliphatic carbocycles. The number of Topliss-reactive ketones (excluding diaryl/α,β-unsaturated/α-hetero) is 1. The first-order chi connectivity index (χ1) is 18.4. The fraction of sp³-hybridized carbons (Fsp3) is 0.700. The maximum atomic E-state index is 13.6. The van der Waals surface area contributed by atoms with Crippen LogP contribution in [-0.4, -0.2) is 61.2 Å². The van der Waals surface area contributed by atoms with Crippen LogP contribution in [-0.2, 0) is 19.6 Å². The lowest BCUT2D eigenvalue weighted by Gasteiger charge is -2.39. The van der Waals surface area contributed by atoms with Crippen molar-refractivity contribution < 1.29 is 22.8 Å². The van der Waals surface area contributed by atoms with Gasteiger partial charge in [-0.3, -0.25) is 14.4 Å². The Kier molecular flexibility index (Phi) is 7.70. The van der Waals surface area contributed by atoms with Crippen molar-refractivity contribution in [2.24, 2.45) is 22.7 Å². The van der Waals surface area contributed by atoms with Gasteiger partial charge in [-0.15, -0.1) is 0 Å². The first-order valence-corrected chi connectivity index (χ1v) is 16.2. The van der Waals surface area contributed by atoms with Crippen molar-refractivity contribution in [3.05, 3.63) is 35.4 Å². The summed E-state index contributed by atoms with van der Waals surface area (Å²) >= 11 is 0. The maximum Gasteiger partial charge on any atom is 0.251 e. The zero-order valence-corrected chi connectivity index (χ0v) is 24.3. The molecule has 1 saturated heterocycles. The molecule has 3 saturated carbocycles. The number of benzene rings is 1. The number of rotatable bonds is 7. The maximum absolute atomic E-state index is 13.6. The summed E-state index contributed by atoms with van der Waals surface area (Å²) in [4.78, 5) is 39.4. The fourth-order valence-electron chi connectivity index (χ4n) is 7.77. The van der Waals surface area contributed by atoms with Gasteiger partial charge < -0.3 is 10.6 Å². The summed E-state index contributed by atoms with van der Waals surface area (Å²) in [6.45, 7) is 6.55. The number of sulfonamides is 1. The molecule has 0 unspecified atom stereocenters. The summed E-state index contributed by atoms with van der Waals surface area (Å²) in [5.41, 5.74) is 0.419. The Bertz CT molecular complexity index is 1240. The summed E-state index contributed by atoms with van der Waals surface area (Å²) in [6, 6.07) is 7.12. The number of nitrogens with one attached hydrogen (secondary N) is 2. The lowest BCUT2D eigenvalue weighted by atomic mass is 9.70. The van der Waals surface area contributed by atoms with E-state index in [0.29, 0.717) is 37.8 Å². The number of carbonyl (C=O) groups excluding carboxylic acids is 3. The average Bonchev–Trinajstić information content (AvgIpc) is 3.24. The minimum absolute atomic E-state index is 0.0923. The predicted octanol–water partition coefficient (Wildman–Crippen LogP) is 3.59. The second-order valence-corrected chi connectivity index (χ2v) is 14.9. The van der Waals surface area contributed by atoms with Gasteiger partial charge in [-0.1, -0.05) is 44.9 Å². The molecule has 1 aliphatic heterocycles. The second kappa shape index (κ2) is 10.6. The first kappa shape index (κ1) is 28.3. The molecule has 2 amide bonds. The van der Waals surface area contributed by atoms with E-state index in [1.807, 2.05) is 31.2 Å². The highest BCUT2D eigenvalue weighted by Crippen LogP contribution is 2.64. The molecule has 4 fully saturated rings. The van der Waals surface area contributed by atoms with Crippen LogP contribution in [0.2, 0.25) is 0 Å². The van der Waals surface area contributed by atoms with Gasteiger partial charge >= 0.3 is 0 Å². The van der Waals surface area contributed by atoms with Crippen LogP contribution in [0.15, 0.2) is 24.3 Å². The van der Waals surface area contributed by atoms with E-state index < -0.39 is 21.4 Å². The van der Waals surface area contributed by atoms with Crippen LogP contribution in [0.1, 0.15) is 87.6 Å². The Balaban J connectivity index is 1.23. The number of hydrogen-bond acceptors (Lipinski definition) is 5. The van der Waals surface area contributed by atoms with Crippen molar-refractivity contribution >= 4 is 27.6 Å². The SMILES string of the molecule is Cc1ccccc1C(=O)N[C@@H]1CCCC[C@H]1NC(=O)[C@@H]1CCCN(S(=O)(=O)C[C@]23CC[C@@H](CC2=O)C3(C)C)C1. The Labute approximate surface area is 232 Å². The molecule has 9 heteroatoms. The standard InChI is InChI=1S/C30H43N3O5S/c1-20-9-4-5-11-23(20)28(36)32-25-13-7-6-12-24(25)31-27(35)21-10-8-16-33(18-21)39(37,38)19-30-15-14-22(17-26(30)34)29(30,2)3/h4-5,9,11,21-22,24-25H,6-8,10,12-19H2,1-3H3,(H,31,35)(H,32,36)/t21-,22+,24-,25-,30-/m1/s1. The van der Waals surface area contributed by atoms with Crippen molar-refractivity contribution in [3.63, 3.8) is 0 Å². The summed E-state index contributed by atoms with van der Waals surface area (Å²) in [5.74, 6) is -0.513.